The van der Waals surface area contributed by atoms with E-state index >= 15 is 0 Å². The van der Waals surface area contributed by atoms with Gasteiger partial charge >= 0.3 is 6.03 Å². The number of benzene rings is 2. The standard InChI is InChI=1S/C24H28ClN5O2/c1-15-4-6-17(7-5-15)14-30-22(31)20-21(27(3)24(30)32)26-23-28(12-16(2)13-29(20)23)19-10-8-18(25)9-11-19/h4-11,16,20-21,23,26H,12-14H2,1-3H3. The zero-order valence-electron chi connectivity index (χ0n) is 18.5. The molecule has 3 fully saturated rings. The van der Waals surface area contributed by atoms with Crippen molar-refractivity contribution in [2.24, 2.45) is 5.92 Å². The van der Waals surface area contributed by atoms with Gasteiger partial charge in [0.15, 0.2) is 0 Å². The first-order chi connectivity index (χ1) is 15.3. The number of likely N-dealkylation sites (N-methyl/N-ethyl adjacent to an activating group) is 1. The molecule has 3 aliphatic rings. The maximum atomic E-state index is 13.6. The Morgan fingerprint density at radius 2 is 1.72 bits per heavy atom. The van der Waals surface area contributed by atoms with Gasteiger partial charge in [-0.15, -0.1) is 0 Å². The van der Waals surface area contributed by atoms with E-state index in [1.165, 1.54) is 4.90 Å². The predicted molar refractivity (Wildman–Crippen MR) is 124 cm³/mol. The number of hydrogen-bond donors (Lipinski definition) is 1. The normalized spacial score (nSPS) is 28.2. The molecule has 5 rings (SSSR count). The van der Waals surface area contributed by atoms with Gasteiger partial charge in [-0.25, -0.2) is 4.79 Å². The van der Waals surface area contributed by atoms with E-state index in [-0.39, 0.29) is 30.9 Å². The molecule has 0 aromatic heterocycles. The number of imide groups is 1. The zero-order chi connectivity index (χ0) is 22.6. The Kier molecular flexibility index (Phi) is 5.35. The van der Waals surface area contributed by atoms with Gasteiger partial charge < -0.3 is 9.80 Å². The Labute approximate surface area is 193 Å². The molecule has 3 heterocycles. The van der Waals surface area contributed by atoms with Gasteiger partial charge in [-0.1, -0.05) is 48.4 Å². The van der Waals surface area contributed by atoms with Gasteiger partial charge in [0.25, 0.3) is 5.91 Å². The smallest absolute Gasteiger partial charge is 0.328 e. The molecule has 4 unspecified atom stereocenters. The van der Waals surface area contributed by atoms with Crippen LogP contribution in [0.15, 0.2) is 48.5 Å². The highest BCUT2D eigenvalue weighted by atomic mass is 35.5. The molecular formula is C24H28ClN5O2. The van der Waals surface area contributed by atoms with Gasteiger partial charge in [-0.2, -0.15) is 0 Å². The molecule has 0 aliphatic carbocycles. The van der Waals surface area contributed by atoms with E-state index in [1.54, 1.807) is 11.9 Å². The maximum Gasteiger partial charge on any atom is 0.328 e. The summed E-state index contributed by atoms with van der Waals surface area (Å²) in [6.07, 6.45) is -0.532. The van der Waals surface area contributed by atoms with Crippen molar-refractivity contribution in [3.05, 3.63) is 64.7 Å². The third-order valence-electron chi connectivity index (χ3n) is 6.70. The van der Waals surface area contributed by atoms with Crippen molar-refractivity contribution in [2.45, 2.75) is 38.9 Å². The number of nitrogens with zero attached hydrogens (tertiary/aromatic N) is 4. The SMILES string of the molecule is Cc1ccc(CN2C(=O)C3C(NC4N(c5ccc(Cl)cc5)CC(C)CN34)N(C)C2=O)cc1. The Hall–Kier alpha value is -2.61. The first-order valence-corrected chi connectivity index (χ1v) is 11.4. The lowest BCUT2D eigenvalue weighted by atomic mass is 10.0. The summed E-state index contributed by atoms with van der Waals surface area (Å²) in [5.41, 5.74) is 3.14. The molecule has 2 aromatic rings. The van der Waals surface area contributed by atoms with E-state index in [4.69, 9.17) is 11.6 Å². The van der Waals surface area contributed by atoms with Crippen molar-refractivity contribution in [2.75, 3.05) is 25.0 Å². The van der Waals surface area contributed by atoms with Crippen LogP contribution in [0.25, 0.3) is 0 Å². The van der Waals surface area contributed by atoms with Crippen molar-refractivity contribution < 1.29 is 9.59 Å². The zero-order valence-corrected chi connectivity index (χ0v) is 19.3. The van der Waals surface area contributed by atoms with E-state index in [1.807, 2.05) is 55.5 Å². The molecule has 168 valence electrons. The molecule has 2 aromatic carbocycles. The van der Waals surface area contributed by atoms with Crippen LogP contribution in [0, 0.1) is 12.8 Å². The molecule has 3 amide bonds. The average molecular weight is 454 g/mol. The number of urea groups is 1. The Morgan fingerprint density at radius 3 is 2.41 bits per heavy atom. The molecule has 0 saturated carbocycles. The van der Waals surface area contributed by atoms with E-state index < -0.39 is 6.04 Å². The number of aryl methyl sites for hydroxylation is 1. The Balaban J connectivity index is 1.45. The molecule has 32 heavy (non-hydrogen) atoms. The van der Waals surface area contributed by atoms with Gasteiger partial charge in [-0.3, -0.25) is 19.9 Å². The largest absolute Gasteiger partial charge is 0.343 e. The van der Waals surface area contributed by atoms with Crippen LogP contribution >= 0.6 is 11.6 Å². The lowest BCUT2D eigenvalue weighted by Crippen LogP contribution is -2.66. The fourth-order valence-electron chi connectivity index (χ4n) is 5.07. The number of hydrogen-bond acceptors (Lipinski definition) is 5. The van der Waals surface area contributed by atoms with Gasteiger partial charge in [0.05, 0.1) is 6.54 Å². The van der Waals surface area contributed by atoms with Crippen LogP contribution < -0.4 is 10.2 Å². The summed E-state index contributed by atoms with van der Waals surface area (Å²) in [6.45, 7) is 6.13. The van der Waals surface area contributed by atoms with E-state index in [2.05, 4.69) is 22.0 Å². The number of nitrogens with one attached hydrogen (secondary N) is 1. The van der Waals surface area contributed by atoms with E-state index in [9.17, 15) is 9.59 Å². The van der Waals surface area contributed by atoms with Crippen molar-refractivity contribution in [3.8, 4) is 0 Å². The minimum Gasteiger partial charge on any atom is -0.343 e. The summed E-state index contributed by atoms with van der Waals surface area (Å²) in [6, 6.07) is 15.0. The number of amides is 3. The topological polar surface area (TPSA) is 59.1 Å². The molecule has 4 atom stereocenters. The van der Waals surface area contributed by atoms with Gasteiger partial charge in [0.2, 0.25) is 0 Å². The molecule has 3 saturated heterocycles. The summed E-state index contributed by atoms with van der Waals surface area (Å²) in [7, 11) is 1.77. The lowest BCUT2D eigenvalue weighted by Gasteiger charge is -2.46. The predicted octanol–water partition coefficient (Wildman–Crippen LogP) is 3.08. The van der Waals surface area contributed by atoms with Crippen LogP contribution in [0.2, 0.25) is 5.02 Å². The molecule has 0 bridgehead atoms. The van der Waals surface area contributed by atoms with Crippen molar-refractivity contribution >= 4 is 29.2 Å². The second kappa shape index (κ2) is 8.06. The molecule has 1 N–H and O–H groups in total. The van der Waals surface area contributed by atoms with Crippen LogP contribution in [0.4, 0.5) is 10.5 Å². The third-order valence-corrected chi connectivity index (χ3v) is 6.96. The molecule has 0 radical (unpaired) electrons. The highest BCUT2D eigenvalue weighted by Crippen LogP contribution is 2.35. The summed E-state index contributed by atoms with van der Waals surface area (Å²) in [5, 5.41) is 4.25. The first-order valence-electron chi connectivity index (χ1n) is 11.0. The number of carbonyl (C=O) groups excluding carboxylic acids is 2. The fourth-order valence-corrected chi connectivity index (χ4v) is 5.20. The number of carbonyl (C=O) groups is 2. The second-order valence-corrected chi connectivity index (χ2v) is 9.60. The van der Waals surface area contributed by atoms with Crippen LogP contribution in [0.3, 0.4) is 0 Å². The van der Waals surface area contributed by atoms with Gasteiger partial charge in [0, 0.05) is 30.8 Å². The Morgan fingerprint density at radius 1 is 1.03 bits per heavy atom. The Bertz CT molecular complexity index is 1030. The van der Waals surface area contributed by atoms with Crippen molar-refractivity contribution in [1.82, 2.24) is 20.0 Å². The lowest BCUT2D eigenvalue weighted by molar-refractivity contribution is -0.139. The van der Waals surface area contributed by atoms with Crippen LogP contribution in [0.1, 0.15) is 18.1 Å². The second-order valence-electron chi connectivity index (χ2n) is 9.16. The summed E-state index contributed by atoms with van der Waals surface area (Å²) in [5.74, 6) is 0.225. The fraction of sp³-hybridized carbons (Fsp3) is 0.417. The quantitative estimate of drug-likeness (QED) is 0.774. The van der Waals surface area contributed by atoms with Crippen LogP contribution in [-0.2, 0) is 11.3 Å². The molecular weight excluding hydrogens is 426 g/mol. The minimum absolute atomic E-state index is 0.140. The molecule has 7 nitrogen and oxygen atoms in total. The molecule has 8 heteroatoms. The van der Waals surface area contributed by atoms with Crippen molar-refractivity contribution in [3.63, 3.8) is 0 Å². The summed E-state index contributed by atoms with van der Waals surface area (Å²) < 4.78 is 0. The van der Waals surface area contributed by atoms with Crippen molar-refractivity contribution in [1.29, 1.82) is 0 Å². The first kappa shape index (κ1) is 21.2. The maximum absolute atomic E-state index is 13.6. The summed E-state index contributed by atoms with van der Waals surface area (Å²) in [4.78, 5) is 34.3. The number of halogens is 1. The molecule has 0 spiro atoms. The molecule has 3 aliphatic heterocycles. The highest BCUT2D eigenvalue weighted by molar-refractivity contribution is 6.30. The number of rotatable bonds is 3. The third kappa shape index (κ3) is 3.54. The number of fused-ring (bicyclic) bond motifs is 3. The monoisotopic (exact) mass is 453 g/mol. The minimum atomic E-state index is -0.425. The van der Waals surface area contributed by atoms with Crippen LogP contribution in [0.5, 0.6) is 0 Å². The van der Waals surface area contributed by atoms with E-state index in [0.29, 0.717) is 10.9 Å². The highest BCUT2D eigenvalue weighted by Gasteiger charge is 2.56. The van der Waals surface area contributed by atoms with Crippen LogP contribution in [-0.4, -0.2) is 65.3 Å². The number of anilines is 1. The van der Waals surface area contributed by atoms with Gasteiger partial charge in [-0.05, 0) is 42.7 Å². The average Bonchev–Trinajstić information content (AvgIpc) is 3.16. The van der Waals surface area contributed by atoms with E-state index in [0.717, 1.165) is 29.9 Å². The van der Waals surface area contributed by atoms with Gasteiger partial charge in [0.1, 0.15) is 18.5 Å². The summed E-state index contributed by atoms with van der Waals surface area (Å²) >= 11 is 6.10.